The van der Waals surface area contributed by atoms with Gasteiger partial charge in [0.2, 0.25) is 5.91 Å². The molecule has 0 heterocycles. The molecule has 2 aliphatic rings. The van der Waals surface area contributed by atoms with Crippen molar-refractivity contribution in [2.45, 2.75) is 32.1 Å². The third kappa shape index (κ3) is 2.99. The second kappa shape index (κ2) is 5.96. The smallest absolute Gasteiger partial charge is 0.224 e. The highest BCUT2D eigenvalue weighted by molar-refractivity contribution is 5.92. The Morgan fingerprint density at radius 1 is 1.24 bits per heavy atom. The number of hydrogen-bond acceptors (Lipinski definition) is 3. The summed E-state index contributed by atoms with van der Waals surface area (Å²) in [6.07, 6.45) is 5.87. The molecular formula is C17H23NO3. The van der Waals surface area contributed by atoms with Crippen LogP contribution in [0.1, 0.15) is 32.1 Å². The van der Waals surface area contributed by atoms with Crippen molar-refractivity contribution in [2.24, 2.45) is 17.8 Å². The summed E-state index contributed by atoms with van der Waals surface area (Å²) in [5, 5.41) is 2.98. The zero-order valence-electron chi connectivity index (χ0n) is 12.7. The van der Waals surface area contributed by atoms with Crippen LogP contribution in [0.5, 0.6) is 11.5 Å². The average molecular weight is 289 g/mol. The van der Waals surface area contributed by atoms with Crippen LogP contribution in [0.25, 0.3) is 0 Å². The van der Waals surface area contributed by atoms with E-state index in [0.717, 1.165) is 11.8 Å². The number of rotatable bonds is 5. The van der Waals surface area contributed by atoms with Crippen molar-refractivity contribution in [3.63, 3.8) is 0 Å². The van der Waals surface area contributed by atoms with Crippen molar-refractivity contribution in [3.05, 3.63) is 18.2 Å². The molecule has 21 heavy (non-hydrogen) atoms. The van der Waals surface area contributed by atoms with Gasteiger partial charge in [0, 0.05) is 12.5 Å². The first-order chi connectivity index (χ1) is 10.2. The molecule has 1 aromatic carbocycles. The molecule has 1 N–H and O–H groups in total. The third-order valence-electron chi connectivity index (χ3n) is 5.01. The van der Waals surface area contributed by atoms with E-state index in [1.165, 1.54) is 25.7 Å². The Morgan fingerprint density at radius 2 is 2.10 bits per heavy atom. The second-order valence-electron chi connectivity index (χ2n) is 6.25. The fraction of sp³-hybridized carbons (Fsp3) is 0.588. The molecule has 4 nitrogen and oxygen atoms in total. The molecule has 1 amide bonds. The maximum Gasteiger partial charge on any atom is 0.224 e. The molecule has 0 unspecified atom stereocenters. The molecule has 0 saturated heterocycles. The normalized spacial score (nSPS) is 26.7. The zero-order chi connectivity index (χ0) is 14.8. The second-order valence-corrected chi connectivity index (χ2v) is 6.25. The summed E-state index contributed by atoms with van der Waals surface area (Å²) in [4.78, 5) is 12.3. The largest absolute Gasteiger partial charge is 0.497 e. The van der Waals surface area contributed by atoms with Crippen LogP contribution < -0.4 is 14.8 Å². The summed E-state index contributed by atoms with van der Waals surface area (Å²) in [7, 11) is 3.22. The SMILES string of the molecule is COc1ccc(OC)c(NC(=O)C[C@H]2C[C@@H]3CC[C@H]2C3)c1. The summed E-state index contributed by atoms with van der Waals surface area (Å²) in [6, 6.07) is 5.44. The third-order valence-corrected chi connectivity index (χ3v) is 5.01. The summed E-state index contributed by atoms with van der Waals surface area (Å²) >= 11 is 0. The Kier molecular flexibility index (Phi) is 4.04. The first kappa shape index (κ1) is 14.2. The number of benzene rings is 1. The summed E-state index contributed by atoms with van der Waals surface area (Å²) in [5.74, 6) is 3.68. The monoisotopic (exact) mass is 289 g/mol. The number of carbonyl (C=O) groups excluding carboxylic acids is 1. The number of ether oxygens (including phenoxy) is 2. The topological polar surface area (TPSA) is 47.6 Å². The summed E-state index contributed by atoms with van der Waals surface area (Å²) in [6.45, 7) is 0. The van der Waals surface area contributed by atoms with Crippen LogP contribution >= 0.6 is 0 Å². The van der Waals surface area contributed by atoms with Crippen molar-refractivity contribution in [2.75, 3.05) is 19.5 Å². The van der Waals surface area contributed by atoms with E-state index in [9.17, 15) is 4.79 Å². The van der Waals surface area contributed by atoms with Gasteiger partial charge in [-0.05, 0) is 49.1 Å². The molecule has 3 atom stereocenters. The average Bonchev–Trinajstić information content (AvgIpc) is 3.09. The van der Waals surface area contributed by atoms with Crippen molar-refractivity contribution in [3.8, 4) is 11.5 Å². The lowest BCUT2D eigenvalue weighted by molar-refractivity contribution is -0.117. The van der Waals surface area contributed by atoms with E-state index in [1.807, 2.05) is 12.1 Å². The number of anilines is 1. The first-order valence-electron chi connectivity index (χ1n) is 7.71. The standard InChI is InChI=1S/C17H23NO3/c1-20-14-5-6-16(21-2)15(10-14)18-17(19)9-13-8-11-3-4-12(13)7-11/h5-6,10-13H,3-4,7-9H2,1-2H3,(H,18,19)/t11-,12+,13-/m1/s1. The zero-order valence-corrected chi connectivity index (χ0v) is 12.7. The highest BCUT2D eigenvalue weighted by atomic mass is 16.5. The van der Waals surface area contributed by atoms with Crippen molar-refractivity contribution >= 4 is 11.6 Å². The Bertz CT molecular complexity index is 529. The molecule has 0 aliphatic heterocycles. The Hall–Kier alpha value is -1.71. The number of methoxy groups -OCH3 is 2. The lowest BCUT2D eigenvalue weighted by Gasteiger charge is -2.21. The predicted molar refractivity (Wildman–Crippen MR) is 81.7 cm³/mol. The Morgan fingerprint density at radius 3 is 2.71 bits per heavy atom. The van der Waals surface area contributed by atoms with Gasteiger partial charge in [-0.25, -0.2) is 0 Å². The van der Waals surface area contributed by atoms with Crippen LogP contribution in [0.4, 0.5) is 5.69 Å². The van der Waals surface area contributed by atoms with Crippen molar-refractivity contribution in [1.29, 1.82) is 0 Å². The van der Waals surface area contributed by atoms with Crippen molar-refractivity contribution in [1.82, 2.24) is 0 Å². The minimum absolute atomic E-state index is 0.0825. The molecule has 0 spiro atoms. The lowest BCUT2D eigenvalue weighted by Crippen LogP contribution is -2.20. The van der Waals surface area contributed by atoms with E-state index < -0.39 is 0 Å². The van der Waals surface area contributed by atoms with Gasteiger partial charge in [0.05, 0.1) is 19.9 Å². The Balaban J connectivity index is 1.64. The summed E-state index contributed by atoms with van der Waals surface area (Å²) < 4.78 is 10.5. The highest BCUT2D eigenvalue weighted by Gasteiger charge is 2.40. The van der Waals surface area contributed by atoms with Gasteiger partial charge >= 0.3 is 0 Å². The van der Waals surface area contributed by atoms with Gasteiger partial charge in [-0.2, -0.15) is 0 Å². The molecule has 2 fully saturated rings. The molecule has 1 aromatic rings. The molecule has 0 radical (unpaired) electrons. The number of hydrogen-bond donors (Lipinski definition) is 1. The molecule has 2 bridgehead atoms. The van der Waals surface area contributed by atoms with Crippen LogP contribution in [0.3, 0.4) is 0 Å². The van der Waals surface area contributed by atoms with Gasteiger partial charge in [-0.3, -0.25) is 4.79 Å². The number of nitrogens with one attached hydrogen (secondary N) is 1. The van der Waals surface area contributed by atoms with Crippen LogP contribution in [-0.2, 0) is 4.79 Å². The van der Waals surface area contributed by atoms with Crippen molar-refractivity contribution < 1.29 is 14.3 Å². The van der Waals surface area contributed by atoms with Crippen LogP contribution in [0, 0.1) is 17.8 Å². The Labute approximate surface area is 125 Å². The van der Waals surface area contributed by atoms with Crippen LogP contribution in [-0.4, -0.2) is 20.1 Å². The highest BCUT2D eigenvalue weighted by Crippen LogP contribution is 2.49. The molecule has 2 aliphatic carbocycles. The van der Waals surface area contributed by atoms with Crippen LogP contribution in [0.15, 0.2) is 18.2 Å². The van der Waals surface area contributed by atoms with Crippen LogP contribution in [0.2, 0.25) is 0 Å². The quantitative estimate of drug-likeness (QED) is 0.903. The van der Waals surface area contributed by atoms with E-state index in [4.69, 9.17) is 9.47 Å². The van der Waals surface area contributed by atoms with Gasteiger partial charge in [-0.15, -0.1) is 0 Å². The fourth-order valence-electron chi connectivity index (χ4n) is 3.98. The van der Waals surface area contributed by atoms with Gasteiger partial charge in [0.25, 0.3) is 0 Å². The van der Waals surface area contributed by atoms with Gasteiger partial charge < -0.3 is 14.8 Å². The number of fused-ring (bicyclic) bond motifs is 2. The number of carbonyl (C=O) groups is 1. The summed E-state index contributed by atoms with van der Waals surface area (Å²) in [5.41, 5.74) is 0.685. The van der Waals surface area contributed by atoms with Gasteiger partial charge in [-0.1, -0.05) is 6.42 Å². The maximum atomic E-state index is 12.3. The first-order valence-corrected chi connectivity index (χ1v) is 7.71. The van der Waals surface area contributed by atoms with Gasteiger partial charge in [0.15, 0.2) is 0 Å². The molecule has 114 valence electrons. The van der Waals surface area contributed by atoms with E-state index >= 15 is 0 Å². The molecule has 0 aromatic heterocycles. The minimum Gasteiger partial charge on any atom is -0.497 e. The lowest BCUT2D eigenvalue weighted by atomic mass is 9.86. The van der Waals surface area contributed by atoms with E-state index in [1.54, 1.807) is 20.3 Å². The fourth-order valence-corrected chi connectivity index (χ4v) is 3.98. The molecular weight excluding hydrogens is 266 g/mol. The van der Waals surface area contributed by atoms with E-state index in [2.05, 4.69) is 5.32 Å². The molecule has 2 saturated carbocycles. The molecule has 4 heteroatoms. The molecule has 3 rings (SSSR count). The van der Waals surface area contributed by atoms with Gasteiger partial charge in [0.1, 0.15) is 11.5 Å². The minimum atomic E-state index is 0.0825. The number of amides is 1. The predicted octanol–water partition coefficient (Wildman–Crippen LogP) is 3.47. The maximum absolute atomic E-state index is 12.3. The van der Waals surface area contributed by atoms with E-state index in [-0.39, 0.29) is 5.91 Å². The van der Waals surface area contributed by atoms with E-state index in [0.29, 0.717) is 29.5 Å².